The fourth-order valence-corrected chi connectivity index (χ4v) is 2.10. The smallest absolute Gasteiger partial charge is 0.157 e. The maximum absolute atomic E-state index is 4.43. The minimum absolute atomic E-state index is 0.314. The lowest BCUT2D eigenvalue weighted by Gasteiger charge is -2.11. The van der Waals surface area contributed by atoms with Crippen molar-refractivity contribution in [3.8, 4) is 11.5 Å². The second kappa shape index (κ2) is 4.02. The molecule has 3 rings (SSSR count). The van der Waals surface area contributed by atoms with Crippen molar-refractivity contribution < 1.29 is 0 Å². The Morgan fingerprint density at radius 1 is 1.12 bits per heavy atom. The maximum Gasteiger partial charge on any atom is 0.157 e. The van der Waals surface area contributed by atoms with Gasteiger partial charge in [-0.15, -0.1) is 0 Å². The van der Waals surface area contributed by atoms with Crippen molar-refractivity contribution in [3.63, 3.8) is 0 Å². The summed E-state index contributed by atoms with van der Waals surface area (Å²) in [5, 5.41) is 3.43. The van der Waals surface area contributed by atoms with Crippen LogP contribution in [0.25, 0.3) is 11.5 Å². The molecule has 0 amide bonds. The first-order valence-electron chi connectivity index (χ1n) is 5.49. The molecule has 1 aliphatic heterocycles. The highest BCUT2D eigenvalue weighted by molar-refractivity contribution is 5.52. The lowest BCUT2D eigenvalue weighted by Crippen LogP contribution is -2.16. The predicted octanol–water partition coefficient (Wildman–Crippen LogP) is 1.29. The third-order valence-electron chi connectivity index (χ3n) is 2.84. The molecule has 1 unspecified atom stereocenters. The molecule has 1 fully saturated rings. The largest absolute Gasteiger partial charge is 0.343 e. The molecular formula is C11H13N5. The van der Waals surface area contributed by atoms with E-state index in [0.29, 0.717) is 6.04 Å². The summed E-state index contributed by atoms with van der Waals surface area (Å²) < 4.78 is 0. The van der Waals surface area contributed by atoms with E-state index in [1.807, 2.05) is 0 Å². The molecule has 0 spiro atoms. The van der Waals surface area contributed by atoms with Gasteiger partial charge < -0.3 is 10.3 Å². The van der Waals surface area contributed by atoms with Crippen molar-refractivity contribution in [1.29, 1.82) is 0 Å². The summed E-state index contributed by atoms with van der Waals surface area (Å²) >= 11 is 0. The zero-order valence-corrected chi connectivity index (χ0v) is 8.85. The molecule has 5 heteroatoms. The minimum atomic E-state index is 0.314. The summed E-state index contributed by atoms with van der Waals surface area (Å²) in [7, 11) is 0. The third-order valence-corrected chi connectivity index (χ3v) is 2.84. The first kappa shape index (κ1) is 9.47. The van der Waals surface area contributed by atoms with Crippen LogP contribution in [0.2, 0.25) is 0 Å². The van der Waals surface area contributed by atoms with E-state index in [2.05, 4.69) is 25.3 Å². The average Bonchev–Trinajstić information content (AvgIpc) is 3.03. The van der Waals surface area contributed by atoms with Gasteiger partial charge in [0, 0.05) is 24.8 Å². The minimum Gasteiger partial charge on any atom is -0.343 e. The van der Waals surface area contributed by atoms with Gasteiger partial charge in [0.25, 0.3) is 0 Å². The van der Waals surface area contributed by atoms with Gasteiger partial charge in [-0.05, 0) is 19.4 Å². The van der Waals surface area contributed by atoms with E-state index in [1.165, 1.54) is 6.42 Å². The van der Waals surface area contributed by atoms with E-state index >= 15 is 0 Å². The maximum atomic E-state index is 4.43. The Labute approximate surface area is 93.4 Å². The summed E-state index contributed by atoms with van der Waals surface area (Å²) in [6.07, 6.45) is 9.29. The third kappa shape index (κ3) is 1.59. The number of aromatic nitrogens is 4. The molecule has 0 aliphatic carbocycles. The topological polar surface area (TPSA) is 66.5 Å². The number of nitrogens with one attached hydrogen (secondary N) is 2. The van der Waals surface area contributed by atoms with Crippen molar-refractivity contribution in [2.24, 2.45) is 0 Å². The Hall–Kier alpha value is -1.75. The quantitative estimate of drug-likeness (QED) is 0.792. The number of imidazole rings is 1. The average molecular weight is 215 g/mol. The molecule has 1 saturated heterocycles. The van der Waals surface area contributed by atoms with Crippen LogP contribution in [0.5, 0.6) is 0 Å². The second-order valence-corrected chi connectivity index (χ2v) is 3.88. The van der Waals surface area contributed by atoms with Gasteiger partial charge in [0.15, 0.2) is 5.82 Å². The summed E-state index contributed by atoms with van der Waals surface area (Å²) in [6, 6.07) is 0.314. The van der Waals surface area contributed by atoms with Gasteiger partial charge >= 0.3 is 0 Å². The number of hydrogen-bond acceptors (Lipinski definition) is 4. The number of aromatic amines is 1. The van der Waals surface area contributed by atoms with Crippen molar-refractivity contribution in [2.75, 3.05) is 6.54 Å². The molecule has 0 radical (unpaired) electrons. The van der Waals surface area contributed by atoms with Crippen LogP contribution in [0, 0.1) is 0 Å². The zero-order chi connectivity index (χ0) is 10.8. The van der Waals surface area contributed by atoms with Crippen LogP contribution in [0.4, 0.5) is 0 Å². The molecule has 3 heterocycles. The molecule has 2 aromatic heterocycles. The van der Waals surface area contributed by atoms with Gasteiger partial charge in [-0.2, -0.15) is 0 Å². The monoisotopic (exact) mass is 215 g/mol. The summed E-state index contributed by atoms with van der Waals surface area (Å²) in [5.74, 6) is 0.789. The van der Waals surface area contributed by atoms with Crippen LogP contribution < -0.4 is 5.32 Å². The molecule has 16 heavy (non-hydrogen) atoms. The molecule has 1 aliphatic rings. The van der Waals surface area contributed by atoms with E-state index in [9.17, 15) is 0 Å². The number of H-pyrrole nitrogens is 1. The Kier molecular flexibility index (Phi) is 2.38. The predicted molar refractivity (Wildman–Crippen MR) is 59.6 cm³/mol. The highest BCUT2D eigenvalue weighted by Gasteiger charge is 2.22. The summed E-state index contributed by atoms with van der Waals surface area (Å²) in [4.78, 5) is 16.1. The molecule has 5 nitrogen and oxygen atoms in total. The van der Waals surface area contributed by atoms with Gasteiger partial charge in [-0.1, -0.05) is 0 Å². The molecule has 82 valence electrons. The van der Waals surface area contributed by atoms with E-state index in [-0.39, 0.29) is 0 Å². The lowest BCUT2D eigenvalue weighted by atomic mass is 10.1. The number of hydrogen-bond donors (Lipinski definition) is 2. The highest BCUT2D eigenvalue weighted by atomic mass is 15.0. The second-order valence-electron chi connectivity index (χ2n) is 3.88. The Bertz CT molecular complexity index is 459. The molecular weight excluding hydrogens is 202 g/mol. The number of rotatable bonds is 2. The van der Waals surface area contributed by atoms with Crippen LogP contribution >= 0.6 is 0 Å². The summed E-state index contributed by atoms with van der Waals surface area (Å²) in [6.45, 7) is 1.05. The standard InChI is InChI=1S/C11H13N5/c1-2-8(12-3-1)9-10(14-5-4-13-9)11-15-6-7-16-11/h4-8,12H,1-3H2,(H,15,16). The van der Waals surface area contributed by atoms with E-state index in [1.54, 1.807) is 24.8 Å². The number of nitrogens with zero attached hydrogens (tertiary/aromatic N) is 3. The van der Waals surface area contributed by atoms with Crippen LogP contribution in [0.3, 0.4) is 0 Å². The van der Waals surface area contributed by atoms with Crippen molar-refractivity contribution >= 4 is 0 Å². The Balaban J connectivity index is 2.04. The first-order valence-corrected chi connectivity index (χ1v) is 5.49. The van der Waals surface area contributed by atoms with Crippen molar-refractivity contribution in [3.05, 3.63) is 30.5 Å². The molecule has 0 bridgehead atoms. The molecule has 0 aromatic carbocycles. The Morgan fingerprint density at radius 3 is 2.81 bits per heavy atom. The fourth-order valence-electron chi connectivity index (χ4n) is 2.10. The van der Waals surface area contributed by atoms with Crippen LogP contribution in [-0.2, 0) is 0 Å². The molecule has 0 saturated carbocycles. The summed E-state index contributed by atoms with van der Waals surface area (Å²) in [5.41, 5.74) is 1.85. The van der Waals surface area contributed by atoms with Crippen molar-refractivity contribution in [2.45, 2.75) is 18.9 Å². The molecule has 2 N–H and O–H groups in total. The van der Waals surface area contributed by atoms with Crippen LogP contribution in [-0.4, -0.2) is 26.5 Å². The van der Waals surface area contributed by atoms with E-state index in [4.69, 9.17) is 0 Å². The van der Waals surface area contributed by atoms with Gasteiger partial charge in [0.2, 0.25) is 0 Å². The van der Waals surface area contributed by atoms with E-state index < -0.39 is 0 Å². The van der Waals surface area contributed by atoms with Gasteiger partial charge in [-0.25, -0.2) is 9.97 Å². The molecule has 2 aromatic rings. The van der Waals surface area contributed by atoms with Crippen molar-refractivity contribution in [1.82, 2.24) is 25.3 Å². The normalized spacial score (nSPS) is 20.1. The SMILES string of the molecule is c1c[nH]c(-c2nccnc2C2CCCN2)n1. The van der Waals surface area contributed by atoms with Crippen LogP contribution in [0.15, 0.2) is 24.8 Å². The lowest BCUT2D eigenvalue weighted by molar-refractivity contribution is 0.625. The highest BCUT2D eigenvalue weighted by Crippen LogP contribution is 2.27. The van der Waals surface area contributed by atoms with Crippen LogP contribution in [0.1, 0.15) is 24.6 Å². The zero-order valence-electron chi connectivity index (χ0n) is 8.85. The van der Waals surface area contributed by atoms with Gasteiger partial charge in [0.05, 0.1) is 11.7 Å². The van der Waals surface area contributed by atoms with E-state index in [0.717, 1.165) is 30.2 Å². The fraction of sp³-hybridized carbons (Fsp3) is 0.364. The molecule has 1 atom stereocenters. The van der Waals surface area contributed by atoms with Gasteiger partial charge in [-0.3, -0.25) is 4.98 Å². The Morgan fingerprint density at radius 2 is 2.06 bits per heavy atom. The first-order chi connectivity index (χ1) is 7.95. The van der Waals surface area contributed by atoms with Gasteiger partial charge in [0.1, 0.15) is 5.69 Å².